The first-order valence-electron chi connectivity index (χ1n) is 9.41. The molecular formula is C23H24N2O2. The maximum atomic E-state index is 13.0. The molecule has 27 heavy (non-hydrogen) atoms. The van der Waals surface area contributed by atoms with Gasteiger partial charge in [-0.3, -0.25) is 9.69 Å². The molecule has 1 aromatic heterocycles. The van der Waals surface area contributed by atoms with Gasteiger partial charge in [0, 0.05) is 38.3 Å². The van der Waals surface area contributed by atoms with Crippen molar-refractivity contribution in [2.75, 3.05) is 26.2 Å². The Labute approximate surface area is 160 Å². The van der Waals surface area contributed by atoms with Crippen LogP contribution in [-0.4, -0.2) is 41.9 Å². The standard InChI is InChI=1S/C23H24N2O2/c1-18-7-5-6-10-20(18)17-24-12-14-25(15-13-24)23(26)22-21(11-16-27-22)19-8-3-2-4-9-19/h2-11,16H,12-15,17H2,1H3. The normalized spacial score (nSPS) is 15.1. The summed E-state index contributed by atoms with van der Waals surface area (Å²) >= 11 is 0. The maximum absolute atomic E-state index is 13.0. The van der Waals surface area contributed by atoms with Crippen molar-refractivity contribution in [1.29, 1.82) is 0 Å². The quantitative estimate of drug-likeness (QED) is 0.699. The van der Waals surface area contributed by atoms with Gasteiger partial charge in [0.2, 0.25) is 0 Å². The van der Waals surface area contributed by atoms with E-state index in [9.17, 15) is 4.79 Å². The molecule has 3 aromatic rings. The summed E-state index contributed by atoms with van der Waals surface area (Å²) < 4.78 is 5.57. The second kappa shape index (κ2) is 7.80. The summed E-state index contributed by atoms with van der Waals surface area (Å²) in [6, 6.07) is 20.3. The third kappa shape index (κ3) is 3.81. The smallest absolute Gasteiger partial charge is 0.290 e. The van der Waals surface area contributed by atoms with Crippen molar-refractivity contribution in [3.8, 4) is 11.1 Å². The fourth-order valence-corrected chi connectivity index (χ4v) is 3.60. The van der Waals surface area contributed by atoms with Gasteiger partial charge in [0.05, 0.1) is 6.26 Å². The van der Waals surface area contributed by atoms with Gasteiger partial charge in [0.25, 0.3) is 5.91 Å². The number of piperazine rings is 1. The summed E-state index contributed by atoms with van der Waals surface area (Å²) in [6.45, 7) is 6.28. The van der Waals surface area contributed by atoms with Crippen LogP contribution in [0.4, 0.5) is 0 Å². The van der Waals surface area contributed by atoms with Crippen molar-refractivity contribution in [2.24, 2.45) is 0 Å². The predicted octanol–water partition coefficient (Wildman–Crippen LogP) is 4.21. The Morgan fingerprint density at radius 1 is 0.926 bits per heavy atom. The average molecular weight is 360 g/mol. The molecule has 0 bridgehead atoms. The second-order valence-electron chi connectivity index (χ2n) is 7.02. The molecule has 4 nitrogen and oxygen atoms in total. The Kier molecular flexibility index (Phi) is 5.07. The Hall–Kier alpha value is -2.85. The molecule has 1 aliphatic heterocycles. The van der Waals surface area contributed by atoms with Crippen LogP contribution < -0.4 is 0 Å². The van der Waals surface area contributed by atoms with Crippen LogP contribution in [0.5, 0.6) is 0 Å². The number of hydrogen-bond donors (Lipinski definition) is 0. The van der Waals surface area contributed by atoms with Crippen LogP contribution in [-0.2, 0) is 6.54 Å². The predicted molar refractivity (Wildman–Crippen MR) is 107 cm³/mol. The van der Waals surface area contributed by atoms with Gasteiger partial charge < -0.3 is 9.32 Å². The molecule has 4 heteroatoms. The first kappa shape index (κ1) is 17.6. The van der Waals surface area contributed by atoms with E-state index < -0.39 is 0 Å². The highest BCUT2D eigenvalue weighted by Gasteiger charge is 2.26. The number of carbonyl (C=O) groups is 1. The molecule has 0 spiro atoms. The number of carbonyl (C=O) groups excluding carboxylic acids is 1. The van der Waals surface area contributed by atoms with E-state index in [0.29, 0.717) is 5.76 Å². The van der Waals surface area contributed by atoms with Gasteiger partial charge in [-0.25, -0.2) is 0 Å². The molecule has 0 unspecified atom stereocenters. The lowest BCUT2D eigenvalue weighted by Gasteiger charge is -2.34. The van der Waals surface area contributed by atoms with Crippen LogP contribution in [0.3, 0.4) is 0 Å². The van der Waals surface area contributed by atoms with E-state index in [1.54, 1.807) is 6.26 Å². The highest BCUT2D eigenvalue weighted by molar-refractivity contribution is 5.98. The van der Waals surface area contributed by atoms with Crippen LogP contribution in [0, 0.1) is 6.92 Å². The average Bonchev–Trinajstić information content (AvgIpc) is 3.20. The van der Waals surface area contributed by atoms with Crippen LogP contribution in [0.2, 0.25) is 0 Å². The lowest BCUT2D eigenvalue weighted by molar-refractivity contribution is 0.0598. The lowest BCUT2D eigenvalue weighted by atomic mass is 10.1. The van der Waals surface area contributed by atoms with Gasteiger partial charge in [-0.05, 0) is 29.7 Å². The summed E-state index contributed by atoms with van der Waals surface area (Å²) in [5.41, 5.74) is 4.55. The molecule has 1 fully saturated rings. The first-order chi connectivity index (χ1) is 13.2. The molecule has 0 saturated carbocycles. The van der Waals surface area contributed by atoms with E-state index in [2.05, 4.69) is 36.1 Å². The highest BCUT2D eigenvalue weighted by Crippen LogP contribution is 2.26. The van der Waals surface area contributed by atoms with Gasteiger partial charge >= 0.3 is 0 Å². The van der Waals surface area contributed by atoms with Gasteiger partial charge in [0.15, 0.2) is 5.76 Å². The summed E-state index contributed by atoms with van der Waals surface area (Å²) in [6.07, 6.45) is 1.60. The minimum absolute atomic E-state index is 0.0191. The molecule has 0 N–H and O–H groups in total. The number of furan rings is 1. The molecule has 0 aliphatic carbocycles. The number of benzene rings is 2. The Bertz CT molecular complexity index is 909. The third-order valence-electron chi connectivity index (χ3n) is 5.26. The minimum atomic E-state index is -0.0191. The number of nitrogens with zero attached hydrogens (tertiary/aromatic N) is 2. The molecule has 4 rings (SSSR count). The van der Waals surface area contributed by atoms with Crippen molar-refractivity contribution >= 4 is 5.91 Å². The molecule has 0 radical (unpaired) electrons. The molecule has 1 amide bonds. The fourth-order valence-electron chi connectivity index (χ4n) is 3.60. The van der Waals surface area contributed by atoms with Crippen molar-refractivity contribution in [1.82, 2.24) is 9.80 Å². The maximum Gasteiger partial charge on any atom is 0.290 e. The monoisotopic (exact) mass is 360 g/mol. The van der Waals surface area contributed by atoms with E-state index in [1.807, 2.05) is 41.3 Å². The van der Waals surface area contributed by atoms with E-state index in [4.69, 9.17) is 4.42 Å². The van der Waals surface area contributed by atoms with Crippen molar-refractivity contribution < 1.29 is 9.21 Å². The van der Waals surface area contributed by atoms with Crippen molar-refractivity contribution in [2.45, 2.75) is 13.5 Å². The van der Waals surface area contributed by atoms with E-state index in [-0.39, 0.29) is 5.91 Å². The number of amides is 1. The number of aryl methyl sites for hydroxylation is 1. The molecule has 1 saturated heterocycles. The second-order valence-corrected chi connectivity index (χ2v) is 7.02. The molecular weight excluding hydrogens is 336 g/mol. The SMILES string of the molecule is Cc1ccccc1CN1CCN(C(=O)c2occc2-c2ccccc2)CC1. The van der Waals surface area contributed by atoms with E-state index >= 15 is 0 Å². The van der Waals surface area contributed by atoms with Gasteiger partial charge in [-0.1, -0.05) is 54.6 Å². The number of hydrogen-bond acceptors (Lipinski definition) is 3. The number of rotatable bonds is 4. The van der Waals surface area contributed by atoms with Crippen LogP contribution in [0.25, 0.3) is 11.1 Å². The summed E-state index contributed by atoms with van der Waals surface area (Å²) in [5, 5.41) is 0. The summed E-state index contributed by atoms with van der Waals surface area (Å²) in [4.78, 5) is 17.3. The molecule has 2 heterocycles. The highest BCUT2D eigenvalue weighted by atomic mass is 16.3. The molecule has 138 valence electrons. The van der Waals surface area contributed by atoms with Crippen molar-refractivity contribution in [3.05, 3.63) is 83.8 Å². The third-order valence-corrected chi connectivity index (χ3v) is 5.26. The van der Waals surface area contributed by atoms with Gasteiger partial charge in [-0.2, -0.15) is 0 Å². The Morgan fingerprint density at radius 3 is 2.37 bits per heavy atom. The largest absolute Gasteiger partial charge is 0.459 e. The van der Waals surface area contributed by atoms with E-state index in [0.717, 1.165) is 43.9 Å². The van der Waals surface area contributed by atoms with Gasteiger partial charge in [-0.15, -0.1) is 0 Å². The van der Waals surface area contributed by atoms with Crippen LogP contribution in [0.15, 0.2) is 71.3 Å². The molecule has 0 atom stereocenters. The first-order valence-corrected chi connectivity index (χ1v) is 9.41. The topological polar surface area (TPSA) is 36.7 Å². The minimum Gasteiger partial charge on any atom is -0.459 e. The summed E-state index contributed by atoms with van der Waals surface area (Å²) in [7, 11) is 0. The zero-order valence-corrected chi connectivity index (χ0v) is 15.6. The summed E-state index contributed by atoms with van der Waals surface area (Å²) in [5.74, 6) is 0.419. The Morgan fingerprint density at radius 2 is 1.63 bits per heavy atom. The Balaban J connectivity index is 1.41. The van der Waals surface area contributed by atoms with Crippen molar-refractivity contribution in [3.63, 3.8) is 0 Å². The van der Waals surface area contributed by atoms with Gasteiger partial charge in [0.1, 0.15) is 0 Å². The molecule has 1 aliphatic rings. The molecule has 2 aromatic carbocycles. The zero-order chi connectivity index (χ0) is 18.6. The van der Waals surface area contributed by atoms with E-state index in [1.165, 1.54) is 11.1 Å². The zero-order valence-electron chi connectivity index (χ0n) is 15.6. The lowest BCUT2D eigenvalue weighted by Crippen LogP contribution is -2.48. The van der Waals surface area contributed by atoms with Crippen LogP contribution >= 0.6 is 0 Å². The fraction of sp³-hybridized carbons (Fsp3) is 0.261. The van der Waals surface area contributed by atoms with Crippen LogP contribution in [0.1, 0.15) is 21.7 Å².